The van der Waals surface area contributed by atoms with Crippen LogP contribution in [0.15, 0.2) is 24.3 Å². The van der Waals surface area contributed by atoms with Crippen LogP contribution in [0.25, 0.3) is 4.96 Å². The zero-order valence-corrected chi connectivity index (χ0v) is 21.8. The average molecular weight is 565 g/mol. The first kappa shape index (κ1) is 21.9. The first-order chi connectivity index (χ1) is 15.2. The molecule has 1 aromatic carbocycles. The van der Waals surface area contributed by atoms with Crippen molar-refractivity contribution >= 4 is 50.1 Å². The van der Waals surface area contributed by atoms with E-state index in [1.54, 1.807) is 11.3 Å². The van der Waals surface area contributed by atoms with Gasteiger partial charge < -0.3 is 15.0 Å². The zero-order chi connectivity index (χ0) is 22.7. The highest BCUT2D eigenvalue weighted by Crippen LogP contribution is 2.52. The van der Waals surface area contributed by atoms with Gasteiger partial charge in [0.15, 0.2) is 0 Å². The van der Waals surface area contributed by atoms with Crippen molar-refractivity contribution in [3.05, 3.63) is 44.8 Å². The largest absolute Gasteiger partial charge is 0.444 e. The summed E-state index contributed by atoms with van der Waals surface area (Å²) in [6.45, 7) is 9.57. The molecule has 1 fully saturated rings. The Balaban J connectivity index is 1.37. The molecule has 0 bridgehead atoms. The van der Waals surface area contributed by atoms with Crippen LogP contribution in [0.3, 0.4) is 0 Å². The van der Waals surface area contributed by atoms with Gasteiger partial charge in [-0.2, -0.15) is 0 Å². The molecule has 1 amide bonds. The van der Waals surface area contributed by atoms with Crippen LogP contribution in [0.2, 0.25) is 0 Å². The number of hydrogen-bond donors (Lipinski definition) is 1. The number of anilines is 1. The fourth-order valence-corrected chi connectivity index (χ4v) is 6.61. The van der Waals surface area contributed by atoms with Gasteiger partial charge in [0.25, 0.3) is 0 Å². The summed E-state index contributed by atoms with van der Waals surface area (Å²) in [7, 11) is 0. The summed E-state index contributed by atoms with van der Waals surface area (Å²) >= 11 is 3.90. The zero-order valence-electron chi connectivity index (χ0n) is 18.8. The summed E-state index contributed by atoms with van der Waals surface area (Å²) in [5, 5.41) is 9.08. The molecule has 1 atom stereocenters. The molecule has 2 aliphatic rings. The van der Waals surface area contributed by atoms with Gasteiger partial charge in [0.2, 0.25) is 10.1 Å². The number of benzene rings is 1. The number of rotatable bonds is 2. The first-order valence-electron chi connectivity index (χ1n) is 11.0. The van der Waals surface area contributed by atoms with Crippen LogP contribution in [0.5, 0.6) is 0 Å². The monoisotopic (exact) mass is 565 g/mol. The molecule has 1 aliphatic heterocycles. The molecule has 0 radical (unpaired) electrons. The van der Waals surface area contributed by atoms with Crippen molar-refractivity contribution in [2.45, 2.75) is 58.6 Å². The number of carbonyl (C=O) groups is 1. The number of amides is 1. The Bertz CT molecular complexity index is 1170. The fraction of sp³-hybridized carbons (Fsp3) is 0.522. The quantitative estimate of drug-likeness (QED) is 0.438. The van der Waals surface area contributed by atoms with E-state index in [1.165, 1.54) is 11.1 Å². The Hall–Kier alpha value is -1.88. The minimum Gasteiger partial charge on any atom is -0.444 e. The second-order valence-corrected chi connectivity index (χ2v) is 11.8. The van der Waals surface area contributed by atoms with Gasteiger partial charge in [-0.1, -0.05) is 35.6 Å². The number of piperidine rings is 1. The fourth-order valence-electron chi connectivity index (χ4n) is 5.00. The number of halogens is 1. The van der Waals surface area contributed by atoms with Crippen molar-refractivity contribution in [3.8, 4) is 0 Å². The number of imidazole rings is 1. The summed E-state index contributed by atoms with van der Waals surface area (Å²) in [4.78, 5) is 20.6. The lowest BCUT2D eigenvalue weighted by atomic mass is 9.73. The number of alkyl carbamates (subject to hydrolysis) is 1. The minimum absolute atomic E-state index is 0.000204. The lowest BCUT2D eigenvalue weighted by Crippen LogP contribution is -2.47. The first-order valence-corrected chi connectivity index (χ1v) is 12.9. The summed E-state index contributed by atoms with van der Waals surface area (Å²) in [5.41, 5.74) is 3.13. The number of ether oxygens (including phenoxy) is 1. The topological polar surface area (TPSA) is 71.8 Å². The van der Waals surface area contributed by atoms with Crippen LogP contribution < -0.4 is 10.2 Å². The van der Waals surface area contributed by atoms with E-state index < -0.39 is 5.60 Å². The second kappa shape index (κ2) is 7.86. The van der Waals surface area contributed by atoms with Crippen molar-refractivity contribution in [2.24, 2.45) is 5.41 Å². The normalized spacial score (nSPS) is 20.0. The molecule has 2 aromatic heterocycles. The number of nitrogens with one attached hydrogen (secondary N) is 1. The predicted molar refractivity (Wildman–Crippen MR) is 134 cm³/mol. The highest BCUT2D eigenvalue weighted by molar-refractivity contribution is 14.1. The third-order valence-electron chi connectivity index (χ3n) is 6.57. The number of fused-ring (bicyclic) bond motifs is 2. The molecule has 1 N–H and O–H groups in total. The SMILES string of the molecule is Cc1c(I)nc2sc(N3CCC4(CC3)Cc3ccccc3[C@H]4NC(=O)OC(C)(C)C)nn12. The van der Waals surface area contributed by atoms with Gasteiger partial charge in [-0.15, -0.1) is 5.10 Å². The Morgan fingerprint density at radius 2 is 2.00 bits per heavy atom. The number of aromatic nitrogens is 3. The van der Waals surface area contributed by atoms with E-state index in [0.717, 1.165) is 51.8 Å². The van der Waals surface area contributed by atoms with E-state index >= 15 is 0 Å². The van der Waals surface area contributed by atoms with E-state index in [9.17, 15) is 4.79 Å². The maximum atomic E-state index is 12.7. The maximum absolute atomic E-state index is 12.7. The molecule has 3 heterocycles. The van der Waals surface area contributed by atoms with Gasteiger partial charge in [-0.25, -0.2) is 14.3 Å². The molecule has 170 valence electrons. The van der Waals surface area contributed by atoms with Gasteiger partial charge in [-0.3, -0.25) is 0 Å². The van der Waals surface area contributed by atoms with E-state index in [2.05, 4.69) is 69.0 Å². The second-order valence-electron chi connectivity index (χ2n) is 9.87. The van der Waals surface area contributed by atoms with E-state index in [-0.39, 0.29) is 17.6 Å². The highest BCUT2D eigenvalue weighted by atomic mass is 127. The van der Waals surface area contributed by atoms with Crippen molar-refractivity contribution in [1.29, 1.82) is 0 Å². The lowest BCUT2D eigenvalue weighted by molar-refractivity contribution is 0.0428. The molecule has 7 nitrogen and oxygen atoms in total. The van der Waals surface area contributed by atoms with Crippen LogP contribution in [0, 0.1) is 16.0 Å². The molecule has 3 aromatic rings. The van der Waals surface area contributed by atoms with Crippen molar-refractivity contribution < 1.29 is 9.53 Å². The van der Waals surface area contributed by atoms with Crippen molar-refractivity contribution in [1.82, 2.24) is 19.9 Å². The smallest absolute Gasteiger partial charge is 0.408 e. The van der Waals surface area contributed by atoms with Crippen LogP contribution in [0.4, 0.5) is 9.93 Å². The minimum atomic E-state index is -0.517. The standard InChI is InChI=1S/C23H28IN5O2S/c1-14-18(24)26-19-29(14)27-20(32-19)28-11-9-23(10-12-28)13-15-7-5-6-8-16(15)17(23)25-21(30)31-22(2,3)4/h5-8,17H,9-13H2,1-4H3,(H,25,30)/t17-/m1/s1. The van der Waals surface area contributed by atoms with Gasteiger partial charge in [0.05, 0.1) is 11.7 Å². The summed E-state index contributed by atoms with van der Waals surface area (Å²) in [5.74, 6) is 0. The molecular weight excluding hydrogens is 537 g/mol. The maximum Gasteiger partial charge on any atom is 0.408 e. The molecule has 0 unspecified atom stereocenters. The van der Waals surface area contributed by atoms with E-state index in [4.69, 9.17) is 9.84 Å². The van der Waals surface area contributed by atoms with Gasteiger partial charge in [-0.05, 0) is 80.7 Å². The molecular formula is C23H28IN5O2S. The predicted octanol–water partition coefficient (Wildman–Crippen LogP) is 5.11. The van der Waals surface area contributed by atoms with Crippen LogP contribution in [-0.4, -0.2) is 39.4 Å². The highest BCUT2D eigenvalue weighted by Gasteiger charge is 2.49. The number of carbonyl (C=O) groups excluding carboxylic acids is 1. The Labute approximate surface area is 205 Å². The molecule has 1 aliphatic carbocycles. The lowest BCUT2D eigenvalue weighted by Gasteiger charge is -2.43. The van der Waals surface area contributed by atoms with Gasteiger partial charge >= 0.3 is 6.09 Å². The van der Waals surface area contributed by atoms with Gasteiger partial charge in [0, 0.05) is 18.5 Å². The van der Waals surface area contributed by atoms with Gasteiger partial charge in [0.1, 0.15) is 9.30 Å². The van der Waals surface area contributed by atoms with E-state index in [0.29, 0.717) is 0 Å². The number of nitrogens with zero attached hydrogens (tertiary/aromatic N) is 4. The molecule has 9 heteroatoms. The summed E-state index contributed by atoms with van der Waals surface area (Å²) in [6, 6.07) is 8.46. The average Bonchev–Trinajstić information content (AvgIpc) is 3.34. The third-order valence-corrected chi connectivity index (χ3v) is 8.56. The van der Waals surface area contributed by atoms with Crippen molar-refractivity contribution in [3.63, 3.8) is 0 Å². The third kappa shape index (κ3) is 3.87. The Morgan fingerprint density at radius 1 is 1.28 bits per heavy atom. The Morgan fingerprint density at radius 3 is 2.69 bits per heavy atom. The van der Waals surface area contributed by atoms with Crippen LogP contribution in [0.1, 0.15) is 56.5 Å². The molecule has 5 rings (SSSR count). The molecule has 0 saturated carbocycles. The van der Waals surface area contributed by atoms with Crippen molar-refractivity contribution in [2.75, 3.05) is 18.0 Å². The number of hydrogen-bond acceptors (Lipinski definition) is 6. The van der Waals surface area contributed by atoms with Crippen LogP contribution >= 0.6 is 33.9 Å². The Kier molecular flexibility index (Phi) is 5.39. The summed E-state index contributed by atoms with van der Waals surface area (Å²) in [6.07, 6.45) is 2.61. The molecule has 32 heavy (non-hydrogen) atoms. The van der Waals surface area contributed by atoms with Crippen LogP contribution in [-0.2, 0) is 11.2 Å². The molecule has 1 saturated heterocycles. The van der Waals surface area contributed by atoms with E-state index in [1.807, 2.05) is 25.3 Å². The number of aryl methyl sites for hydroxylation is 1. The molecule has 1 spiro atoms. The summed E-state index contributed by atoms with van der Waals surface area (Å²) < 4.78 is 8.56.